The number of carbonyl (C=O) groups excluding carboxylic acids is 1. The molecule has 0 saturated heterocycles. The van der Waals surface area contributed by atoms with Crippen LogP contribution >= 0.6 is 23.2 Å². The van der Waals surface area contributed by atoms with Gasteiger partial charge < -0.3 is 5.32 Å². The maximum atomic E-state index is 11.7. The van der Waals surface area contributed by atoms with Crippen LogP contribution in [-0.2, 0) is 11.3 Å². The Labute approximate surface area is 115 Å². The topological polar surface area (TPSA) is 46.9 Å². The third-order valence-electron chi connectivity index (χ3n) is 2.28. The summed E-state index contributed by atoms with van der Waals surface area (Å²) in [5, 5.41) is 7.72. The average Bonchev–Trinajstić information content (AvgIpc) is 2.69. The number of nitrogens with zero attached hydrogens (tertiary/aromatic N) is 2. The van der Waals surface area contributed by atoms with E-state index in [2.05, 4.69) is 10.4 Å². The zero-order chi connectivity index (χ0) is 13.1. The molecule has 0 radical (unpaired) electrons. The van der Waals surface area contributed by atoms with Crippen LogP contribution in [0, 0.1) is 6.92 Å². The zero-order valence-electron chi connectivity index (χ0n) is 9.65. The largest absolute Gasteiger partial charge is 0.324 e. The van der Waals surface area contributed by atoms with Crippen LogP contribution in [-0.4, -0.2) is 15.7 Å². The highest BCUT2D eigenvalue weighted by molar-refractivity contribution is 6.42. The molecule has 2 rings (SSSR count). The van der Waals surface area contributed by atoms with Gasteiger partial charge in [-0.15, -0.1) is 0 Å². The summed E-state index contributed by atoms with van der Waals surface area (Å²) < 4.78 is 1.57. The van der Waals surface area contributed by atoms with E-state index < -0.39 is 0 Å². The van der Waals surface area contributed by atoms with E-state index in [9.17, 15) is 4.79 Å². The third kappa shape index (κ3) is 3.24. The molecule has 0 aliphatic carbocycles. The van der Waals surface area contributed by atoms with E-state index in [0.717, 1.165) is 5.69 Å². The number of amides is 1. The molecule has 0 atom stereocenters. The fourth-order valence-corrected chi connectivity index (χ4v) is 1.77. The fraction of sp³-hybridized carbons (Fsp3) is 0.167. The Bertz CT molecular complexity index is 580. The van der Waals surface area contributed by atoms with Crippen molar-refractivity contribution in [3.63, 3.8) is 0 Å². The Morgan fingerprint density at radius 2 is 2.11 bits per heavy atom. The van der Waals surface area contributed by atoms with Crippen LogP contribution in [0.25, 0.3) is 0 Å². The second-order valence-electron chi connectivity index (χ2n) is 3.83. The molecule has 1 N–H and O–H groups in total. The highest BCUT2D eigenvalue weighted by Gasteiger charge is 2.06. The first-order valence-electron chi connectivity index (χ1n) is 5.29. The number of anilines is 1. The van der Waals surface area contributed by atoms with E-state index in [1.165, 1.54) is 0 Å². The lowest BCUT2D eigenvalue weighted by Crippen LogP contribution is -2.19. The Morgan fingerprint density at radius 3 is 2.72 bits per heavy atom. The van der Waals surface area contributed by atoms with Crippen molar-refractivity contribution in [2.24, 2.45) is 0 Å². The minimum Gasteiger partial charge on any atom is -0.324 e. The lowest BCUT2D eigenvalue weighted by molar-refractivity contribution is -0.116. The molecule has 0 fully saturated rings. The van der Waals surface area contributed by atoms with Gasteiger partial charge >= 0.3 is 0 Å². The molecule has 0 bridgehead atoms. The number of halogens is 2. The Morgan fingerprint density at radius 1 is 1.33 bits per heavy atom. The highest BCUT2D eigenvalue weighted by Crippen LogP contribution is 2.24. The molecule has 0 aliphatic heterocycles. The fourth-order valence-electron chi connectivity index (χ4n) is 1.47. The van der Waals surface area contributed by atoms with Crippen LogP contribution < -0.4 is 5.32 Å². The molecular weight excluding hydrogens is 273 g/mol. The number of benzene rings is 1. The number of hydrogen-bond acceptors (Lipinski definition) is 2. The number of nitrogens with one attached hydrogen (secondary N) is 1. The van der Waals surface area contributed by atoms with Gasteiger partial charge in [-0.25, -0.2) is 0 Å². The van der Waals surface area contributed by atoms with Crippen molar-refractivity contribution in [1.82, 2.24) is 9.78 Å². The standard InChI is InChI=1S/C12H11Cl2N3O/c1-8-4-5-17(16-8)7-12(18)15-9-2-3-10(13)11(14)6-9/h2-6H,7H2,1H3,(H,15,18). The zero-order valence-corrected chi connectivity index (χ0v) is 11.2. The summed E-state index contributed by atoms with van der Waals surface area (Å²) in [5.41, 5.74) is 1.48. The molecule has 4 nitrogen and oxygen atoms in total. The predicted molar refractivity (Wildman–Crippen MR) is 72.1 cm³/mol. The van der Waals surface area contributed by atoms with Crippen molar-refractivity contribution >= 4 is 34.8 Å². The Balaban J connectivity index is 2.00. The molecule has 18 heavy (non-hydrogen) atoms. The SMILES string of the molecule is Cc1ccn(CC(=O)Nc2ccc(Cl)c(Cl)c2)n1. The summed E-state index contributed by atoms with van der Waals surface area (Å²) in [6.07, 6.45) is 1.75. The van der Waals surface area contributed by atoms with Gasteiger partial charge in [0.15, 0.2) is 0 Å². The van der Waals surface area contributed by atoms with E-state index in [-0.39, 0.29) is 12.5 Å². The van der Waals surface area contributed by atoms with E-state index in [1.807, 2.05) is 13.0 Å². The second kappa shape index (κ2) is 5.42. The normalized spacial score (nSPS) is 10.4. The highest BCUT2D eigenvalue weighted by atomic mass is 35.5. The predicted octanol–water partition coefficient (Wildman–Crippen LogP) is 3.14. The summed E-state index contributed by atoms with van der Waals surface area (Å²) in [6.45, 7) is 2.03. The van der Waals surface area contributed by atoms with Crippen molar-refractivity contribution in [2.75, 3.05) is 5.32 Å². The van der Waals surface area contributed by atoms with Crippen LogP contribution in [0.3, 0.4) is 0 Å². The van der Waals surface area contributed by atoms with Crippen molar-refractivity contribution < 1.29 is 4.79 Å². The average molecular weight is 284 g/mol. The monoisotopic (exact) mass is 283 g/mol. The Kier molecular flexibility index (Phi) is 3.89. The van der Waals surface area contributed by atoms with Gasteiger partial charge in [-0.05, 0) is 31.2 Å². The number of hydrogen-bond donors (Lipinski definition) is 1. The van der Waals surface area contributed by atoms with Gasteiger partial charge in [-0.1, -0.05) is 23.2 Å². The third-order valence-corrected chi connectivity index (χ3v) is 3.02. The second-order valence-corrected chi connectivity index (χ2v) is 4.65. The van der Waals surface area contributed by atoms with Crippen molar-refractivity contribution in [2.45, 2.75) is 13.5 Å². The molecule has 2 aromatic rings. The quantitative estimate of drug-likeness (QED) is 0.941. The molecule has 0 aliphatic rings. The molecule has 94 valence electrons. The molecular formula is C12H11Cl2N3O. The minimum absolute atomic E-state index is 0.161. The molecule has 0 unspecified atom stereocenters. The molecule has 1 aromatic heterocycles. The van der Waals surface area contributed by atoms with Crippen LogP contribution in [0.1, 0.15) is 5.69 Å². The van der Waals surface area contributed by atoms with Gasteiger partial charge in [-0.2, -0.15) is 5.10 Å². The Hall–Kier alpha value is -1.52. The smallest absolute Gasteiger partial charge is 0.246 e. The summed E-state index contributed by atoms with van der Waals surface area (Å²) in [5.74, 6) is -0.170. The number of rotatable bonds is 3. The molecule has 0 saturated carbocycles. The number of carbonyl (C=O) groups is 1. The van der Waals surface area contributed by atoms with E-state index in [0.29, 0.717) is 15.7 Å². The first kappa shape index (κ1) is 12.9. The summed E-state index contributed by atoms with van der Waals surface area (Å²) >= 11 is 11.7. The van der Waals surface area contributed by atoms with Gasteiger partial charge in [0.1, 0.15) is 6.54 Å². The van der Waals surface area contributed by atoms with Crippen LogP contribution in [0.5, 0.6) is 0 Å². The first-order valence-corrected chi connectivity index (χ1v) is 6.05. The van der Waals surface area contributed by atoms with Crippen LogP contribution in [0.15, 0.2) is 30.5 Å². The van der Waals surface area contributed by atoms with Crippen molar-refractivity contribution in [1.29, 1.82) is 0 Å². The van der Waals surface area contributed by atoms with Gasteiger partial charge in [0, 0.05) is 11.9 Å². The van der Waals surface area contributed by atoms with Crippen molar-refractivity contribution in [3.05, 3.63) is 46.2 Å². The molecule has 6 heteroatoms. The molecule has 1 heterocycles. The lowest BCUT2D eigenvalue weighted by atomic mass is 10.3. The van der Waals surface area contributed by atoms with Gasteiger partial charge in [0.05, 0.1) is 15.7 Å². The molecule has 1 aromatic carbocycles. The van der Waals surface area contributed by atoms with Gasteiger partial charge in [0.25, 0.3) is 0 Å². The van der Waals surface area contributed by atoms with Crippen LogP contribution in [0.4, 0.5) is 5.69 Å². The molecule has 1 amide bonds. The first-order chi connectivity index (χ1) is 8.54. The maximum Gasteiger partial charge on any atom is 0.246 e. The molecule has 0 spiro atoms. The maximum absolute atomic E-state index is 11.7. The lowest BCUT2D eigenvalue weighted by Gasteiger charge is -2.06. The number of aryl methyl sites for hydroxylation is 1. The van der Waals surface area contributed by atoms with E-state index >= 15 is 0 Å². The minimum atomic E-state index is -0.170. The van der Waals surface area contributed by atoms with Crippen molar-refractivity contribution in [3.8, 4) is 0 Å². The van der Waals surface area contributed by atoms with E-state index in [4.69, 9.17) is 23.2 Å². The summed E-state index contributed by atoms with van der Waals surface area (Å²) in [6, 6.07) is 6.78. The van der Waals surface area contributed by atoms with E-state index in [1.54, 1.807) is 29.1 Å². The van der Waals surface area contributed by atoms with Gasteiger partial charge in [-0.3, -0.25) is 9.48 Å². The summed E-state index contributed by atoms with van der Waals surface area (Å²) in [7, 11) is 0. The number of aromatic nitrogens is 2. The van der Waals surface area contributed by atoms with Crippen LogP contribution in [0.2, 0.25) is 10.0 Å². The van der Waals surface area contributed by atoms with Gasteiger partial charge in [0.2, 0.25) is 5.91 Å². The summed E-state index contributed by atoms with van der Waals surface area (Å²) in [4.78, 5) is 11.7.